The Hall–Kier alpha value is -3.81. The summed E-state index contributed by atoms with van der Waals surface area (Å²) in [4.78, 5) is 38.5. The highest BCUT2D eigenvalue weighted by atomic mass is 32.1. The molecule has 1 atom stereocenters. The summed E-state index contributed by atoms with van der Waals surface area (Å²) in [5.41, 5.74) is -1.50. The van der Waals surface area contributed by atoms with Crippen molar-refractivity contribution < 1.29 is 36.6 Å². The number of halogens is 4. The lowest BCUT2D eigenvalue weighted by Crippen LogP contribution is -2.64. The lowest BCUT2D eigenvalue weighted by Gasteiger charge is -2.43. The Morgan fingerprint density at radius 3 is 2.32 bits per heavy atom. The molecule has 14 heteroatoms. The van der Waals surface area contributed by atoms with Crippen LogP contribution in [0.25, 0.3) is 10.6 Å². The van der Waals surface area contributed by atoms with Crippen LogP contribution >= 0.6 is 11.3 Å². The number of ether oxygens (including phenoxy) is 2. The van der Waals surface area contributed by atoms with E-state index in [0.717, 1.165) is 17.3 Å². The minimum atomic E-state index is -4.68. The highest BCUT2D eigenvalue weighted by Gasteiger charge is 2.48. The van der Waals surface area contributed by atoms with E-state index >= 15 is 4.39 Å². The number of aryl methyl sites for hydroxylation is 1. The second-order valence-corrected chi connectivity index (χ2v) is 12.1. The van der Waals surface area contributed by atoms with Gasteiger partial charge in [-0.25, -0.2) is 24.1 Å². The Bertz CT molecular complexity index is 1420. The SMILES string of the molecule is Cc1cnc(-c2cc(OCC3(F)CN(C(=O)OC(C)(C)C)C3)cc(C(=O)N[C@H](C)c3cnc(C(F)(F)F)nc3)c2)s1. The van der Waals surface area contributed by atoms with Crippen LogP contribution in [0.4, 0.5) is 22.4 Å². The lowest BCUT2D eigenvalue weighted by atomic mass is 9.98. The van der Waals surface area contributed by atoms with Crippen LogP contribution in [0, 0.1) is 6.92 Å². The number of likely N-dealkylation sites (tertiary alicyclic amines) is 1. The summed E-state index contributed by atoms with van der Waals surface area (Å²) in [5, 5.41) is 3.32. The Morgan fingerprint density at radius 2 is 1.76 bits per heavy atom. The first-order valence-corrected chi connectivity index (χ1v) is 13.4. The maximum Gasteiger partial charge on any atom is 0.451 e. The number of nitrogens with zero attached hydrogens (tertiary/aromatic N) is 4. The van der Waals surface area contributed by atoms with E-state index in [9.17, 15) is 22.8 Å². The minimum Gasteiger partial charge on any atom is -0.490 e. The maximum atomic E-state index is 15.2. The van der Waals surface area contributed by atoms with E-state index < -0.39 is 41.3 Å². The molecule has 3 heterocycles. The second kappa shape index (κ2) is 11.2. The molecule has 4 rings (SSSR count). The summed E-state index contributed by atoms with van der Waals surface area (Å²) >= 11 is 1.39. The molecule has 0 radical (unpaired) electrons. The molecule has 3 aromatic rings. The van der Waals surface area contributed by atoms with Crippen LogP contribution in [0.5, 0.6) is 5.75 Å². The van der Waals surface area contributed by atoms with Crippen LogP contribution in [0.3, 0.4) is 0 Å². The average Bonchev–Trinajstić information content (AvgIpc) is 3.30. The molecule has 0 aliphatic carbocycles. The number of nitrogens with one attached hydrogen (secondary N) is 1. The average molecular weight is 596 g/mol. The Balaban J connectivity index is 1.48. The molecule has 9 nitrogen and oxygen atoms in total. The standard InChI is InChI=1S/C27H29F4N5O4S/c1-15-9-32-22(41-15)18-6-17(21(37)35-16(2)19-10-33-23(34-11-19)27(29,30)31)7-20(8-18)39-14-26(28)12-36(13-26)24(38)40-25(3,4)5/h6-11,16H,12-14H2,1-5H3,(H,35,37)/t16-/m1/s1. The van der Waals surface area contributed by atoms with E-state index in [2.05, 4.69) is 20.3 Å². The number of amides is 2. The third-order valence-corrected chi connectivity index (χ3v) is 6.87. The van der Waals surface area contributed by atoms with Crippen molar-refractivity contribution in [2.45, 2.75) is 58.1 Å². The monoisotopic (exact) mass is 595 g/mol. The normalized spacial score (nSPS) is 15.6. The molecule has 41 heavy (non-hydrogen) atoms. The van der Waals surface area contributed by atoms with Crippen LogP contribution in [-0.2, 0) is 10.9 Å². The van der Waals surface area contributed by atoms with Crippen LogP contribution < -0.4 is 10.1 Å². The van der Waals surface area contributed by atoms with Gasteiger partial charge in [0.15, 0.2) is 5.67 Å². The van der Waals surface area contributed by atoms with E-state index in [4.69, 9.17) is 9.47 Å². The van der Waals surface area contributed by atoms with E-state index in [1.54, 1.807) is 46.0 Å². The van der Waals surface area contributed by atoms with Gasteiger partial charge in [-0.05, 0) is 52.8 Å². The molecule has 0 spiro atoms. The van der Waals surface area contributed by atoms with Crippen LogP contribution in [-0.4, -0.2) is 62.8 Å². The molecule has 0 saturated carbocycles. The third kappa shape index (κ3) is 7.69. The smallest absolute Gasteiger partial charge is 0.451 e. The Morgan fingerprint density at radius 1 is 1.10 bits per heavy atom. The molecule has 1 fully saturated rings. The third-order valence-electron chi connectivity index (χ3n) is 5.91. The van der Waals surface area contributed by atoms with Gasteiger partial charge >= 0.3 is 12.3 Å². The number of alkyl halides is 4. The minimum absolute atomic E-state index is 0.168. The van der Waals surface area contributed by atoms with Gasteiger partial charge in [0.2, 0.25) is 5.82 Å². The molecule has 1 aliphatic rings. The fourth-order valence-electron chi connectivity index (χ4n) is 3.89. The summed E-state index contributed by atoms with van der Waals surface area (Å²) in [6, 6.07) is 3.94. The van der Waals surface area contributed by atoms with Crippen molar-refractivity contribution in [3.63, 3.8) is 0 Å². The molecule has 220 valence electrons. The quantitative estimate of drug-likeness (QED) is 0.347. The number of hydrogen-bond acceptors (Lipinski definition) is 8. The summed E-state index contributed by atoms with van der Waals surface area (Å²) in [6.45, 7) is 7.85. The summed E-state index contributed by atoms with van der Waals surface area (Å²) in [6.07, 6.45) is -1.61. The van der Waals surface area contributed by atoms with Gasteiger partial charge in [-0.3, -0.25) is 4.79 Å². The molecule has 1 N–H and O–H groups in total. The molecular formula is C27H29F4N5O4S. The van der Waals surface area contributed by atoms with Crippen molar-refractivity contribution in [2.75, 3.05) is 19.7 Å². The van der Waals surface area contributed by atoms with Crippen LogP contribution in [0.2, 0.25) is 0 Å². The molecule has 1 aliphatic heterocycles. The number of carbonyl (C=O) groups excluding carboxylic acids is 2. The van der Waals surface area contributed by atoms with E-state index in [1.807, 2.05) is 6.92 Å². The number of thiazole rings is 1. The van der Waals surface area contributed by atoms with Gasteiger partial charge in [-0.1, -0.05) is 0 Å². The Labute approximate surface area is 237 Å². The lowest BCUT2D eigenvalue weighted by molar-refractivity contribution is -0.145. The second-order valence-electron chi connectivity index (χ2n) is 10.8. The summed E-state index contributed by atoms with van der Waals surface area (Å²) in [7, 11) is 0. The maximum absolute atomic E-state index is 15.2. The predicted molar refractivity (Wildman–Crippen MR) is 142 cm³/mol. The van der Waals surface area contributed by atoms with Crippen LogP contribution in [0.15, 0.2) is 36.8 Å². The van der Waals surface area contributed by atoms with Crippen LogP contribution in [0.1, 0.15) is 60.4 Å². The molecular weight excluding hydrogens is 566 g/mol. The van der Waals surface area contributed by atoms with Gasteiger partial charge in [0.25, 0.3) is 5.91 Å². The van der Waals surface area contributed by atoms with Gasteiger partial charge in [0.05, 0.1) is 19.1 Å². The molecule has 2 amide bonds. The number of benzene rings is 1. The van der Waals surface area contributed by atoms with Crippen molar-refractivity contribution in [2.24, 2.45) is 0 Å². The van der Waals surface area contributed by atoms with Crippen molar-refractivity contribution >= 4 is 23.3 Å². The largest absolute Gasteiger partial charge is 0.490 e. The first kappa shape index (κ1) is 30.2. The fourth-order valence-corrected chi connectivity index (χ4v) is 4.65. The fraction of sp³-hybridized carbons (Fsp3) is 0.444. The van der Waals surface area contributed by atoms with Gasteiger partial charge in [-0.15, -0.1) is 11.3 Å². The summed E-state index contributed by atoms with van der Waals surface area (Å²) in [5.74, 6) is -1.62. The van der Waals surface area contributed by atoms with Gasteiger partial charge in [0, 0.05) is 40.2 Å². The van der Waals surface area contributed by atoms with E-state index in [-0.39, 0.29) is 36.6 Å². The van der Waals surface area contributed by atoms with Crippen molar-refractivity contribution in [1.29, 1.82) is 0 Å². The van der Waals surface area contributed by atoms with Crippen molar-refractivity contribution in [3.8, 4) is 16.3 Å². The zero-order valence-corrected chi connectivity index (χ0v) is 23.8. The number of carbonyl (C=O) groups is 2. The topological polar surface area (TPSA) is 107 Å². The molecule has 1 saturated heterocycles. The van der Waals surface area contributed by atoms with Gasteiger partial charge in [0.1, 0.15) is 23.0 Å². The van der Waals surface area contributed by atoms with Gasteiger partial charge in [-0.2, -0.15) is 13.2 Å². The van der Waals surface area contributed by atoms with Crippen molar-refractivity contribution in [3.05, 3.63) is 58.6 Å². The highest BCUT2D eigenvalue weighted by molar-refractivity contribution is 7.14. The predicted octanol–water partition coefficient (Wildman–Crippen LogP) is 5.76. The number of aromatic nitrogens is 3. The van der Waals surface area contributed by atoms with Gasteiger partial charge < -0.3 is 19.7 Å². The van der Waals surface area contributed by atoms with E-state index in [0.29, 0.717) is 10.6 Å². The summed E-state index contributed by atoms with van der Waals surface area (Å²) < 4.78 is 64.6. The Kier molecular flexibility index (Phi) is 8.25. The first-order chi connectivity index (χ1) is 19.0. The molecule has 0 unspecified atom stereocenters. The van der Waals surface area contributed by atoms with Crippen molar-refractivity contribution in [1.82, 2.24) is 25.2 Å². The molecule has 1 aromatic carbocycles. The number of hydrogen-bond donors (Lipinski definition) is 1. The molecule has 2 aromatic heterocycles. The molecule has 0 bridgehead atoms. The zero-order valence-electron chi connectivity index (χ0n) is 23.0. The first-order valence-electron chi connectivity index (χ1n) is 12.6. The highest BCUT2D eigenvalue weighted by Crippen LogP contribution is 2.32. The number of rotatable bonds is 7. The van der Waals surface area contributed by atoms with E-state index in [1.165, 1.54) is 22.3 Å². The zero-order chi connectivity index (χ0) is 30.2.